The number of carbonyl (C=O) groups is 2. The highest BCUT2D eigenvalue weighted by atomic mass is 79.9. The topological polar surface area (TPSA) is 74.0 Å². The van der Waals surface area contributed by atoms with Crippen molar-refractivity contribution < 1.29 is 9.59 Å². The number of amides is 2. The molecule has 0 aliphatic heterocycles. The quantitative estimate of drug-likeness (QED) is 0.325. The van der Waals surface area contributed by atoms with Gasteiger partial charge in [-0.25, -0.2) is 0 Å². The van der Waals surface area contributed by atoms with E-state index < -0.39 is 0 Å². The van der Waals surface area contributed by atoms with E-state index in [1.54, 1.807) is 12.1 Å². The number of nitrogens with one attached hydrogen (secondary N) is 3. The molecule has 0 saturated carbocycles. The molecule has 1 heterocycles. The number of fused-ring (bicyclic) bond motifs is 1. The van der Waals surface area contributed by atoms with Crippen LogP contribution in [0.5, 0.6) is 0 Å². The number of hydrogen-bond donors (Lipinski definition) is 3. The molecule has 0 aliphatic rings. The van der Waals surface area contributed by atoms with Gasteiger partial charge in [-0.2, -0.15) is 0 Å². The van der Waals surface area contributed by atoms with Crippen LogP contribution in [0.15, 0.2) is 89.5 Å². The van der Waals surface area contributed by atoms with Crippen LogP contribution in [0.4, 0.5) is 0 Å². The molecule has 6 heteroatoms. The van der Waals surface area contributed by atoms with E-state index in [-0.39, 0.29) is 30.7 Å². The molecule has 0 bridgehead atoms. The van der Waals surface area contributed by atoms with E-state index in [1.807, 2.05) is 54.7 Å². The molecule has 2 amide bonds. The van der Waals surface area contributed by atoms with Gasteiger partial charge in [-0.1, -0.05) is 64.5 Å². The second kappa shape index (κ2) is 10.3. The fourth-order valence-corrected chi connectivity index (χ4v) is 4.04. The highest BCUT2D eigenvalue weighted by Gasteiger charge is 2.19. The zero-order valence-corrected chi connectivity index (χ0v) is 19.1. The largest absolute Gasteiger partial charge is 0.361 e. The summed E-state index contributed by atoms with van der Waals surface area (Å²) in [4.78, 5) is 28.0. The molecule has 3 N–H and O–H groups in total. The summed E-state index contributed by atoms with van der Waals surface area (Å²) < 4.78 is 0.914. The van der Waals surface area contributed by atoms with Gasteiger partial charge in [0, 0.05) is 52.6 Å². The molecule has 0 fully saturated rings. The normalized spacial score (nSPS) is 11.8. The first-order chi connectivity index (χ1) is 15.6. The first-order valence-corrected chi connectivity index (χ1v) is 11.3. The number of rotatable bonds is 8. The minimum Gasteiger partial charge on any atom is -0.361 e. The Balaban J connectivity index is 1.37. The summed E-state index contributed by atoms with van der Waals surface area (Å²) in [6.07, 6.45) is 2.24. The molecule has 0 saturated heterocycles. The van der Waals surface area contributed by atoms with Crippen molar-refractivity contribution in [3.63, 3.8) is 0 Å². The number of halogens is 1. The maximum absolute atomic E-state index is 12.5. The van der Waals surface area contributed by atoms with Crippen LogP contribution in [-0.4, -0.2) is 29.9 Å². The molecular weight excluding hydrogens is 466 g/mol. The Morgan fingerprint density at radius 2 is 1.59 bits per heavy atom. The van der Waals surface area contributed by atoms with Crippen molar-refractivity contribution in [2.45, 2.75) is 12.3 Å². The van der Waals surface area contributed by atoms with Crippen LogP contribution in [0.1, 0.15) is 33.8 Å². The number of benzene rings is 3. The highest BCUT2D eigenvalue weighted by molar-refractivity contribution is 9.10. The third kappa shape index (κ3) is 5.26. The third-order valence-corrected chi connectivity index (χ3v) is 5.97. The first-order valence-electron chi connectivity index (χ1n) is 10.5. The van der Waals surface area contributed by atoms with Crippen LogP contribution in [0, 0.1) is 0 Å². The lowest BCUT2D eigenvalue weighted by atomic mass is 9.91. The molecule has 162 valence electrons. The summed E-state index contributed by atoms with van der Waals surface area (Å²) in [6.45, 7) is 0.759. The van der Waals surface area contributed by atoms with Crippen molar-refractivity contribution in [2.24, 2.45) is 0 Å². The van der Waals surface area contributed by atoms with E-state index in [4.69, 9.17) is 0 Å². The molecule has 0 spiro atoms. The first kappa shape index (κ1) is 21.8. The second-order valence-electron chi connectivity index (χ2n) is 7.57. The van der Waals surface area contributed by atoms with Crippen LogP contribution in [0.25, 0.3) is 10.9 Å². The number of H-pyrrole nitrogens is 1. The molecule has 0 unspecified atom stereocenters. The van der Waals surface area contributed by atoms with Gasteiger partial charge in [0.05, 0.1) is 0 Å². The zero-order chi connectivity index (χ0) is 22.3. The lowest BCUT2D eigenvalue weighted by molar-refractivity contribution is -0.120. The third-order valence-electron chi connectivity index (χ3n) is 5.45. The van der Waals surface area contributed by atoms with Gasteiger partial charge in [0.1, 0.15) is 0 Å². The molecule has 0 radical (unpaired) electrons. The second-order valence-corrected chi connectivity index (χ2v) is 8.49. The van der Waals surface area contributed by atoms with Crippen LogP contribution >= 0.6 is 15.9 Å². The van der Waals surface area contributed by atoms with Crippen molar-refractivity contribution >= 4 is 38.6 Å². The smallest absolute Gasteiger partial charge is 0.251 e. The Hall–Kier alpha value is -3.38. The van der Waals surface area contributed by atoms with Gasteiger partial charge in [-0.3, -0.25) is 9.59 Å². The fourth-order valence-electron chi connectivity index (χ4n) is 3.77. The van der Waals surface area contributed by atoms with Crippen molar-refractivity contribution in [2.75, 3.05) is 13.1 Å². The summed E-state index contributed by atoms with van der Waals surface area (Å²) in [6, 6.07) is 25.5. The maximum Gasteiger partial charge on any atom is 0.251 e. The molecule has 32 heavy (non-hydrogen) atoms. The number of aromatic nitrogens is 1. The molecule has 0 aliphatic carbocycles. The Morgan fingerprint density at radius 3 is 2.38 bits per heavy atom. The van der Waals surface area contributed by atoms with Crippen molar-refractivity contribution in [3.05, 3.63) is 106 Å². The number of aromatic amines is 1. The van der Waals surface area contributed by atoms with E-state index in [0.29, 0.717) is 12.1 Å². The van der Waals surface area contributed by atoms with Crippen molar-refractivity contribution in [1.29, 1.82) is 0 Å². The fraction of sp³-hybridized carbons (Fsp3) is 0.154. The van der Waals surface area contributed by atoms with E-state index in [1.165, 1.54) is 0 Å². The molecule has 3 aromatic carbocycles. The Labute approximate surface area is 195 Å². The monoisotopic (exact) mass is 489 g/mol. The predicted octanol–water partition coefficient (Wildman–Crippen LogP) is 5.00. The van der Waals surface area contributed by atoms with Crippen LogP contribution in [0.2, 0.25) is 0 Å². The molecular formula is C26H24BrN3O2. The van der Waals surface area contributed by atoms with Crippen LogP contribution < -0.4 is 10.6 Å². The molecule has 5 nitrogen and oxygen atoms in total. The summed E-state index contributed by atoms with van der Waals surface area (Å²) in [5.74, 6) is -0.262. The lowest BCUT2D eigenvalue weighted by Gasteiger charge is -2.18. The standard InChI is InChI=1S/C26H24BrN3O2/c27-20-12-10-19(11-13-20)26(32)28-15-14-25(31)30-16-22(18-6-2-1-3-7-18)23-17-29-24-9-5-4-8-21(23)24/h1-13,17,22,29H,14-16H2,(H,28,32)(H,30,31)/t22-/m1/s1. The van der Waals surface area contributed by atoms with Gasteiger partial charge < -0.3 is 15.6 Å². The van der Waals surface area contributed by atoms with Gasteiger partial charge in [-0.05, 0) is 41.5 Å². The van der Waals surface area contributed by atoms with Crippen molar-refractivity contribution in [3.8, 4) is 0 Å². The van der Waals surface area contributed by atoms with Crippen molar-refractivity contribution in [1.82, 2.24) is 15.6 Å². The SMILES string of the molecule is O=C(CCNC(=O)c1ccc(Br)cc1)NC[C@H](c1ccccc1)c1c[nH]c2ccccc12. The minimum atomic E-state index is -0.189. The van der Waals surface area contributed by atoms with E-state index >= 15 is 0 Å². The molecule has 4 aromatic rings. The zero-order valence-electron chi connectivity index (χ0n) is 17.5. The van der Waals surface area contributed by atoms with Gasteiger partial charge in [0.15, 0.2) is 0 Å². The summed E-state index contributed by atoms with van der Waals surface area (Å²) >= 11 is 3.35. The highest BCUT2D eigenvalue weighted by Crippen LogP contribution is 2.30. The van der Waals surface area contributed by atoms with E-state index in [0.717, 1.165) is 26.5 Å². The summed E-state index contributed by atoms with van der Waals surface area (Å²) in [5.41, 5.74) is 3.93. The van der Waals surface area contributed by atoms with Gasteiger partial charge in [0.25, 0.3) is 5.91 Å². The Kier molecular flexibility index (Phi) is 7.02. The summed E-state index contributed by atoms with van der Waals surface area (Å²) in [7, 11) is 0. The van der Waals surface area contributed by atoms with Gasteiger partial charge in [-0.15, -0.1) is 0 Å². The Morgan fingerprint density at radius 1 is 0.875 bits per heavy atom. The number of para-hydroxylation sites is 1. The number of hydrogen-bond acceptors (Lipinski definition) is 2. The van der Waals surface area contributed by atoms with Gasteiger partial charge in [0.2, 0.25) is 5.91 Å². The van der Waals surface area contributed by atoms with Crippen LogP contribution in [0.3, 0.4) is 0 Å². The Bertz CT molecular complexity index is 1200. The average molecular weight is 490 g/mol. The molecule has 1 atom stereocenters. The predicted molar refractivity (Wildman–Crippen MR) is 131 cm³/mol. The summed E-state index contributed by atoms with van der Waals surface area (Å²) in [5, 5.41) is 7.00. The minimum absolute atomic E-state index is 0.0219. The number of carbonyl (C=O) groups excluding carboxylic acids is 2. The van der Waals surface area contributed by atoms with E-state index in [2.05, 4.69) is 49.7 Å². The maximum atomic E-state index is 12.5. The van der Waals surface area contributed by atoms with E-state index in [9.17, 15) is 9.59 Å². The molecule has 4 rings (SSSR count). The van der Waals surface area contributed by atoms with Gasteiger partial charge >= 0.3 is 0 Å². The van der Waals surface area contributed by atoms with Crippen LogP contribution in [-0.2, 0) is 4.79 Å². The average Bonchev–Trinajstić information content (AvgIpc) is 3.24. The molecule has 1 aromatic heterocycles. The lowest BCUT2D eigenvalue weighted by Crippen LogP contribution is -2.33.